The highest BCUT2D eigenvalue weighted by molar-refractivity contribution is 6.29. The number of rotatable bonds is 4. The van der Waals surface area contributed by atoms with Crippen molar-refractivity contribution in [1.29, 1.82) is 0 Å². The molecule has 35 heavy (non-hydrogen) atoms. The van der Waals surface area contributed by atoms with Crippen molar-refractivity contribution < 1.29 is 53.4 Å². The first kappa shape index (κ1) is 24.3. The van der Waals surface area contributed by atoms with E-state index in [0.29, 0.717) is 0 Å². The van der Waals surface area contributed by atoms with Crippen molar-refractivity contribution in [3.8, 4) is 11.5 Å². The Morgan fingerprint density at radius 3 is 2.20 bits per heavy atom. The number of ether oxygens (including phenoxy) is 4. The maximum atomic E-state index is 13.7. The van der Waals surface area contributed by atoms with Crippen LogP contribution in [0.25, 0.3) is 10.8 Å². The molecule has 11 nitrogen and oxygen atoms in total. The van der Waals surface area contributed by atoms with Crippen LogP contribution in [0.3, 0.4) is 0 Å². The van der Waals surface area contributed by atoms with E-state index in [1.54, 1.807) is 0 Å². The molecule has 2 aliphatic carbocycles. The molecule has 0 saturated carbocycles. The molecular weight excluding hydrogens is 464 g/mol. The molecule has 0 unspecified atom stereocenters. The molecule has 0 aromatic heterocycles. The number of aromatic hydroxyl groups is 1. The maximum absolute atomic E-state index is 13.7. The Kier molecular flexibility index (Phi) is 5.47. The number of hydrogen-bond donors (Lipinski definition) is 3. The highest BCUT2D eigenvalue weighted by Crippen LogP contribution is 2.50. The number of benzene rings is 2. The van der Waals surface area contributed by atoms with Crippen LogP contribution in [-0.4, -0.2) is 84.4 Å². The molecule has 0 amide bonds. The number of hydrogen-bond acceptors (Lipinski definition) is 11. The Morgan fingerprint density at radius 1 is 1.00 bits per heavy atom. The smallest absolute Gasteiger partial charge is 0.341 e. The van der Waals surface area contributed by atoms with Crippen LogP contribution < -0.4 is 4.74 Å². The summed E-state index contributed by atoms with van der Waals surface area (Å²) in [5, 5.41) is 34.4. The fraction of sp³-hybridized carbons (Fsp3) is 0.333. The van der Waals surface area contributed by atoms with Gasteiger partial charge in [-0.05, 0) is 30.0 Å². The zero-order valence-corrected chi connectivity index (χ0v) is 19.4. The van der Waals surface area contributed by atoms with Crippen LogP contribution in [0.4, 0.5) is 0 Å². The highest BCUT2D eigenvalue weighted by Gasteiger charge is 2.73. The summed E-state index contributed by atoms with van der Waals surface area (Å²) in [5.74, 6) is -5.58. The Hall–Kier alpha value is -3.80. The molecule has 2 aromatic rings. The Bertz CT molecular complexity index is 1370. The number of phenols is 1. The molecule has 0 heterocycles. The van der Waals surface area contributed by atoms with Crippen molar-refractivity contribution in [3.63, 3.8) is 0 Å². The highest BCUT2D eigenvalue weighted by atomic mass is 16.5. The van der Waals surface area contributed by atoms with Gasteiger partial charge in [0.2, 0.25) is 22.8 Å². The van der Waals surface area contributed by atoms with Gasteiger partial charge in [0, 0.05) is 24.1 Å². The third-order valence-corrected chi connectivity index (χ3v) is 6.65. The van der Waals surface area contributed by atoms with E-state index < -0.39 is 63.3 Å². The molecule has 0 radical (unpaired) electrons. The van der Waals surface area contributed by atoms with Crippen LogP contribution in [0.1, 0.15) is 36.6 Å². The molecule has 184 valence electrons. The number of fused-ring (bicyclic) bond motifs is 3. The monoisotopic (exact) mass is 486 g/mol. The van der Waals surface area contributed by atoms with E-state index in [2.05, 4.69) is 0 Å². The predicted octanol–water partition coefficient (Wildman–Crippen LogP) is 0.618. The summed E-state index contributed by atoms with van der Waals surface area (Å²) in [6.07, 6.45) is -1.19. The Balaban J connectivity index is 2.15. The van der Waals surface area contributed by atoms with Gasteiger partial charge in [0.05, 0.1) is 26.9 Å². The first-order valence-corrected chi connectivity index (χ1v) is 10.3. The SMILES string of the molecule is COC(=O)c1c(OC)cc2cc3c(c(O)c2c1C)C(=O)[C@@]1(O)C(OC)=CC(=O)[C@H](OC)[C@@]1(O)C3=O. The van der Waals surface area contributed by atoms with Crippen LogP contribution in [0.5, 0.6) is 11.5 Å². The van der Waals surface area contributed by atoms with E-state index in [1.807, 2.05) is 0 Å². The molecule has 4 rings (SSSR count). The van der Waals surface area contributed by atoms with Crippen molar-refractivity contribution in [3.05, 3.63) is 46.2 Å². The van der Waals surface area contributed by atoms with E-state index in [9.17, 15) is 34.5 Å². The maximum Gasteiger partial charge on any atom is 0.341 e. The molecule has 0 aliphatic heterocycles. The fourth-order valence-electron chi connectivity index (χ4n) is 4.99. The molecule has 0 fully saturated rings. The van der Waals surface area contributed by atoms with Gasteiger partial charge in [0.25, 0.3) is 0 Å². The minimum absolute atomic E-state index is 0.0123. The van der Waals surface area contributed by atoms with Gasteiger partial charge in [0.15, 0.2) is 11.9 Å². The van der Waals surface area contributed by atoms with Crippen LogP contribution in [-0.2, 0) is 19.0 Å². The lowest BCUT2D eigenvalue weighted by molar-refractivity contribution is -0.175. The molecule has 3 N–H and O–H groups in total. The molecule has 3 atom stereocenters. The molecule has 0 bridgehead atoms. The second kappa shape index (κ2) is 7.87. The van der Waals surface area contributed by atoms with Crippen LogP contribution in [0, 0.1) is 6.92 Å². The first-order valence-electron chi connectivity index (χ1n) is 10.3. The van der Waals surface area contributed by atoms with Gasteiger partial charge in [-0.15, -0.1) is 0 Å². The van der Waals surface area contributed by atoms with Gasteiger partial charge in [-0.1, -0.05) is 0 Å². The number of methoxy groups -OCH3 is 4. The van der Waals surface area contributed by atoms with Gasteiger partial charge in [-0.2, -0.15) is 0 Å². The summed E-state index contributed by atoms with van der Waals surface area (Å²) in [7, 11) is 4.53. The molecule has 11 heteroatoms. The molecule has 2 aromatic carbocycles. The normalized spacial score (nSPS) is 25.6. The zero-order chi connectivity index (χ0) is 26.0. The van der Waals surface area contributed by atoms with Crippen molar-refractivity contribution in [2.45, 2.75) is 24.2 Å². The lowest BCUT2D eigenvalue weighted by Crippen LogP contribution is -2.75. The van der Waals surface area contributed by atoms with Gasteiger partial charge in [-0.25, -0.2) is 4.79 Å². The minimum Gasteiger partial charge on any atom is -0.507 e. The quantitative estimate of drug-likeness (QED) is 0.519. The van der Waals surface area contributed by atoms with Gasteiger partial charge in [0.1, 0.15) is 22.8 Å². The number of ketones is 3. The fourth-order valence-corrected chi connectivity index (χ4v) is 4.99. The minimum atomic E-state index is -3.09. The summed E-state index contributed by atoms with van der Waals surface area (Å²) in [6, 6.07) is 2.54. The predicted molar refractivity (Wildman–Crippen MR) is 118 cm³/mol. The van der Waals surface area contributed by atoms with Crippen molar-refractivity contribution >= 4 is 34.1 Å². The molecular formula is C24H22O11. The van der Waals surface area contributed by atoms with Crippen LogP contribution >= 0.6 is 0 Å². The Morgan fingerprint density at radius 2 is 1.66 bits per heavy atom. The number of carbonyl (C=O) groups is 4. The first-order chi connectivity index (χ1) is 16.4. The largest absolute Gasteiger partial charge is 0.507 e. The second-order valence-electron chi connectivity index (χ2n) is 8.18. The van der Waals surface area contributed by atoms with E-state index >= 15 is 0 Å². The lowest BCUT2D eigenvalue weighted by atomic mass is 9.60. The molecule has 0 saturated heterocycles. The number of phenolic OH excluding ortho intramolecular Hbond substituents is 1. The standard InChI is InChI=1S/C24H22O11/c1-9-15-10(7-13(32-2)16(9)22(29)35-5)6-11-17(18(15)26)20(28)23(30)14(33-3)8-12(25)21(34-4)24(23,31)19(11)27/h6-8,21,26,30-31H,1-5H3/t21-,23-,24-/m0/s1. The van der Waals surface area contributed by atoms with E-state index in [4.69, 9.17) is 18.9 Å². The topological polar surface area (TPSA) is 166 Å². The number of aryl methyl sites for hydroxylation is 1. The summed E-state index contributed by atoms with van der Waals surface area (Å²) >= 11 is 0. The summed E-state index contributed by atoms with van der Waals surface area (Å²) in [6.45, 7) is 1.48. The van der Waals surface area contributed by atoms with Crippen LogP contribution in [0.15, 0.2) is 24.0 Å². The third kappa shape index (κ3) is 2.76. The van der Waals surface area contributed by atoms with Crippen molar-refractivity contribution in [1.82, 2.24) is 0 Å². The van der Waals surface area contributed by atoms with Gasteiger partial charge in [-0.3, -0.25) is 14.4 Å². The summed E-state index contributed by atoms with van der Waals surface area (Å²) < 4.78 is 20.1. The molecule has 0 spiro atoms. The summed E-state index contributed by atoms with van der Waals surface area (Å²) in [5.41, 5.74) is -7.11. The number of Topliss-reactive ketones (excluding diaryl/α,β-unsaturated/α-hetero) is 2. The average molecular weight is 486 g/mol. The van der Waals surface area contributed by atoms with Crippen molar-refractivity contribution in [2.75, 3.05) is 28.4 Å². The van der Waals surface area contributed by atoms with Gasteiger partial charge >= 0.3 is 5.97 Å². The van der Waals surface area contributed by atoms with E-state index in [-0.39, 0.29) is 27.6 Å². The van der Waals surface area contributed by atoms with Crippen molar-refractivity contribution in [2.24, 2.45) is 0 Å². The van der Waals surface area contributed by atoms with E-state index in [0.717, 1.165) is 27.4 Å². The number of aliphatic hydroxyl groups is 2. The average Bonchev–Trinajstić information content (AvgIpc) is 2.83. The number of esters is 1. The van der Waals surface area contributed by atoms with E-state index in [1.165, 1.54) is 26.2 Å². The second-order valence-corrected chi connectivity index (χ2v) is 8.18. The Labute approximate surface area is 198 Å². The van der Waals surface area contributed by atoms with Crippen LogP contribution in [0.2, 0.25) is 0 Å². The molecule has 2 aliphatic rings. The van der Waals surface area contributed by atoms with Gasteiger partial charge < -0.3 is 34.3 Å². The number of carbonyl (C=O) groups excluding carboxylic acids is 4. The third-order valence-electron chi connectivity index (χ3n) is 6.65. The zero-order valence-electron chi connectivity index (χ0n) is 19.4. The lowest BCUT2D eigenvalue weighted by Gasteiger charge is -2.49. The summed E-state index contributed by atoms with van der Waals surface area (Å²) in [4.78, 5) is 52.3.